The van der Waals surface area contributed by atoms with Crippen molar-refractivity contribution >= 4 is 0 Å². The molecule has 1 heterocycles. The molecule has 3 aromatic rings. The Morgan fingerprint density at radius 3 is 2.52 bits per heavy atom. The van der Waals surface area contributed by atoms with Gasteiger partial charge >= 0.3 is 0 Å². The van der Waals surface area contributed by atoms with E-state index in [-0.39, 0.29) is 0 Å². The van der Waals surface area contributed by atoms with Crippen LogP contribution < -0.4 is 4.74 Å². The molecular formula is C22H18N2O. The van der Waals surface area contributed by atoms with E-state index in [9.17, 15) is 5.26 Å². The van der Waals surface area contributed by atoms with Gasteiger partial charge in [0.15, 0.2) is 0 Å². The Balaban J connectivity index is 2.07. The summed E-state index contributed by atoms with van der Waals surface area (Å²) in [6.07, 6.45) is 1.84. The van der Waals surface area contributed by atoms with E-state index in [1.54, 1.807) is 7.11 Å². The fourth-order valence-electron chi connectivity index (χ4n) is 3.59. The molecule has 122 valence electrons. The summed E-state index contributed by atoms with van der Waals surface area (Å²) in [5, 5.41) is 9.77. The van der Waals surface area contributed by atoms with Crippen LogP contribution in [-0.2, 0) is 12.8 Å². The van der Waals surface area contributed by atoms with E-state index in [4.69, 9.17) is 9.72 Å². The Kier molecular flexibility index (Phi) is 3.74. The number of nitrogens with zero attached hydrogens (tertiary/aromatic N) is 2. The third kappa shape index (κ3) is 2.47. The average molecular weight is 326 g/mol. The van der Waals surface area contributed by atoms with Crippen LogP contribution in [0.15, 0.2) is 48.5 Å². The van der Waals surface area contributed by atoms with Crippen LogP contribution in [0, 0.1) is 18.3 Å². The highest BCUT2D eigenvalue weighted by Gasteiger charge is 2.26. The topological polar surface area (TPSA) is 45.9 Å². The second-order valence-electron chi connectivity index (χ2n) is 6.33. The van der Waals surface area contributed by atoms with Crippen molar-refractivity contribution in [2.75, 3.05) is 7.11 Å². The van der Waals surface area contributed by atoms with E-state index >= 15 is 0 Å². The molecular weight excluding hydrogens is 308 g/mol. The minimum Gasteiger partial charge on any atom is -0.480 e. The molecule has 0 unspecified atom stereocenters. The molecule has 0 saturated heterocycles. The lowest BCUT2D eigenvalue weighted by atomic mass is 9.83. The zero-order valence-corrected chi connectivity index (χ0v) is 14.3. The van der Waals surface area contributed by atoms with Crippen LogP contribution in [0.25, 0.3) is 22.4 Å². The van der Waals surface area contributed by atoms with Crippen LogP contribution in [0.4, 0.5) is 0 Å². The van der Waals surface area contributed by atoms with Crippen molar-refractivity contribution in [1.29, 1.82) is 5.26 Å². The van der Waals surface area contributed by atoms with Crippen molar-refractivity contribution in [2.24, 2.45) is 0 Å². The first-order valence-corrected chi connectivity index (χ1v) is 8.39. The second-order valence-corrected chi connectivity index (χ2v) is 6.33. The molecule has 2 aromatic carbocycles. The molecule has 1 aromatic heterocycles. The molecule has 1 aliphatic rings. The highest BCUT2D eigenvalue weighted by atomic mass is 16.5. The first-order chi connectivity index (χ1) is 12.2. The predicted molar refractivity (Wildman–Crippen MR) is 98.5 cm³/mol. The van der Waals surface area contributed by atoms with Gasteiger partial charge in [-0.05, 0) is 36.5 Å². The van der Waals surface area contributed by atoms with Crippen LogP contribution >= 0.6 is 0 Å². The number of methoxy groups -OCH3 is 1. The highest BCUT2D eigenvalue weighted by Crippen LogP contribution is 2.42. The van der Waals surface area contributed by atoms with Gasteiger partial charge in [-0.15, -0.1) is 0 Å². The number of fused-ring (bicyclic) bond motifs is 3. The van der Waals surface area contributed by atoms with Crippen LogP contribution in [0.2, 0.25) is 0 Å². The third-order valence-corrected chi connectivity index (χ3v) is 4.83. The maximum absolute atomic E-state index is 9.77. The Labute approximate surface area is 147 Å². The van der Waals surface area contributed by atoms with Crippen molar-refractivity contribution in [3.05, 3.63) is 70.8 Å². The molecule has 0 aliphatic heterocycles. The lowest BCUT2D eigenvalue weighted by molar-refractivity contribution is 0.397. The molecule has 0 radical (unpaired) electrons. The predicted octanol–water partition coefficient (Wildman–Crippen LogP) is 4.70. The number of ether oxygens (including phenoxy) is 1. The number of nitriles is 1. The summed E-state index contributed by atoms with van der Waals surface area (Å²) in [7, 11) is 1.57. The average Bonchev–Trinajstić information content (AvgIpc) is 2.67. The minimum atomic E-state index is 0.397. The fraction of sp³-hybridized carbons (Fsp3) is 0.182. The van der Waals surface area contributed by atoms with E-state index in [1.165, 1.54) is 11.1 Å². The van der Waals surface area contributed by atoms with Gasteiger partial charge in [-0.25, -0.2) is 4.98 Å². The van der Waals surface area contributed by atoms with Gasteiger partial charge in [0.05, 0.1) is 12.8 Å². The smallest absolute Gasteiger partial charge is 0.232 e. The summed E-state index contributed by atoms with van der Waals surface area (Å²) in [4.78, 5) is 4.70. The van der Waals surface area contributed by atoms with Crippen molar-refractivity contribution in [3.8, 4) is 34.3 Å². The summed E-state index contributed by atoms with van der Waals surface area (Å²) >= 11 is 0. The van der Waals surface area contributed by atoms with Gasteiger partial charge in [-0.1, -0.05) is 54.1 Å². The van der Waals surface area contributed by atoms with Crippen LogP contribution in [0.1, 0.15) is 22.3 Å². The largest absolute Gasteiger partial charge is 0.480 e. The number of aryl methyl sites for hydroxylation is 2. The number of pyridine rings is 1. The van der Waals surface area contributed by atoms with E-state index in [0.717, 1.165) is 40.8 Å². The van der Waals surface area contributed by atoms with Crippen molar-refractivity contribution in [2.45, 2.75) is 19.8 Å². The molecule has 25 heavy (non-hydrogen) atoms. The molecule has 0 bridgehead atoms. The monoisotopic (exact) mass is 326 g/mol. The van der Waals surface area contributed by atoms with Crippen molar-refractivity contribution < 1.29 is 4.74 Å². The number of hydrogen-bond acceptors (Lipinski definition) is 3. The summed E-state index contributed by atoms with van der Waals surface area (Å²) in [6.45, 7) is 2.06. The Hall–Kier alpha value is -3.12. The van der Waals surface area contributed by atoms with Gasteiger partial charge in [-0.3, -0.25) is 0 Å². The van der Waals surface area contributed by atoms with Gasteiger partial charge in [-0.2, -0.15) is 5.26 Å². The molecule has 0 saturated carbocycles. The molecule has 0 N–H and O–H groups in total. The minimum absolute atomic E-state index is 0.397. The molecule has 3 nitrogen and oxygen atoms in total. The molecule has 0 fully saturated rings. The molecule has 1 aliphatic carbocycles. The Morgan fingerprint density at radius 2 is 1.80 bits per heavy atom. The van der Waals surface area contributed by atoms with Crippen molar-refractivity contribution in [1.82, 2.24) is 4.98 Å². The standard InChI is InChI=1S/C22H18N2O/c1-14-7-9-16(10-8-14)20-18-12-11-15-5-3-4-6-17(15)21(18)24-22(25-2)19(20)13-23/h3-10H,11-12H2,1-2H3. The van der Waals surface area contributed by atoms with Gasteiger partial charge < -0.3 is 4.74 Å². The molecule has 0 spiro atoms. The van der Waals surface area contributed by atoms with Gasteiger partial charge in [0.2, 0.25) is 5.88 Å². The van der Waals surface area contributed by atoms with E-state index in [0.29, 0.717) is 11.4 Å². The number of aromatic nitrogens is 1. The maximum atomic E-state index is 9.77. The zero-order chi connectivity index (χ0) is 17.4. The molecule has 0 atom stereocenters. The van der Waals surface area contributed by atoms with Crippen molar-refractivity contribution in [3.63, 3.8) is 0 Å². The number of benzene rings is 2. The van der Waals surface area contributed by atoms with Gasteiger partial charge in [0.1, 0.15) is 11.6 Å². The molecule has 0 amide bonds. The molecule has 3 heteroatoms. The summed E-state index contributed by atoms with van der Waals surface area (Å²) < 4.78 is 5.47. The first kappa shape index (κ1) is 15.4. The highest BCUT2D eigenvalue weighted by molar-refractivity contribution is 5.84. The van der Waals surface area contributed by atoms with E-state index in [2.05, 4.69) is 55.5 Å². The van der Waals surface area contributed by atoms with Crippen LogP contribution in [0.5, 0.6) is 5.88 Å². The van der Waals surface area contributed by atoms with E-state index < -0.39 is 0 Å². The third-order valence-electron chi connectivity index (χ3n) is 4.83. The Morgan fingerprint density at radius 1 is 1.04 bits per heavy atom. The maximum Gasteiger partial charge on any atom is 0.232 e. The van der Waals surface area contributed by atoms with Gasteiger partial charge in [0.25, 0.3) is 0 Å². The fourth-order valence-corrected chi connectivity index (χ4v) is 3.59. The molecule has 4 rings (SSSR count). The van der Waals surface area contributed by atoms with E-state index in [1.807, 2.05) is 6.07 Å². The normalized spacial score (nSPS) is 12.0. The quantitative estimate of drug-likeness (QED) is 0.685. The lowest BCUT2D eigenvalue weighted by Gasteiger charge is -2.23. The summed E-state index contributed by atoms with van der Waals surface area (Å²) in [6, 6.07) is 19.0. The lowest BCUT2D eigenvalue weighted by Crippen LogP contribution is -2.10. The number of hydrogen-bond donors (Lipinski definition) is 0. The second kappa shape index (κ2) is 6.07. The van der Waals surface area contributed by atoms with Crippen LogP contribution in [-0.4, -0.2) is 12.1 Å². The zero-order valence-electron chi connectivity index (χ0n) is 14.3. The summed E-state index contributed by atoms with van der Waals surface area (Å²) in [5.74, 6) is 0.397. The SMILES string of the molecule is COc1nc2c(c(-c3ccc(C)cc3)c1C#N)CCc1ccccc1-2. The first-order valence-electron chi connectivity index (χ1n) is 8.39. The summed E-state index contributed by atoms with van der Waals surface area (Å²) in [5.41, 5.74) is 8.22. The Bertz CT molecular complexity index is 998. The van der Waals surface area contributed by atoms with Gasteiger partial charge in [0, 0.05) is 11.1 Å². The number of rotatable bonds is 2. The van der Waals surface area contributed by atoms with Crippen LogP contribution in [0.3, 0.4) is 0 Å².